The molecule has 9 heteroatoms. The molecule has 1 aliphatic heterocycles. The van der Waals surface area contributed by atoms with Crippen LogP contribution in [0.3, 0.4) is 0 Å². The van der Waals surface area contributed by atoms with Crippen molar-refractivity contribution in [3.63, 3.8) is 0 Å². The molecular formula is C13H15ClFN3O4. The lowest BCUT2D eigenvalue weighted by molar-refractivity contribution is -0.384. The first-order valence-electron chi connectivity index (χ1n) is 6.63. The van der Waals surface area contributed by atoms with Crippen LogP contribution in [-0.2, 0) is 9.53 Å². The Morgan fingerprint density at radius 1 is 1.64 bits per heavy atom. The SMILES string of the molecule is CC(=O)N1CCOC(CNc2c(F)cc(Cl)cc2[N+](=O)[O-])C1. The predicted molar refractivity (Wildman–Crippen MR) is 78.5 cm³/mol. The maximum Gasteiger partial charge on any atom is 0.296 e. The molecule has 0 radical (unpaired) electrons. The normalized spacial score (nSPS) is 18.1. The van der Waals surface area contributed by atoms with E-state index in [0.29, 0.717) is 19.7 Å². The van der Waals surface area contributed by atoms with Gasteiger partial charge < -0.3 is 15.0 Å². The molecule has 1 atom stereocenters. The number of ether oxygens (including phenoxy) is 1. The highest BCUT2D eigenvalue weighted by atomic mass is 35.5. The third-order valence-corrected chi connectivity index (χ3v) is 3.54. The highest BCUT2D eigenvalue weighted by molar-refractivity contribution is 6.31. The van der Waals surface area contributed by atoms with Gasteiger partial charge in [0.05, 0.1) is 22.7 Å². The van der Waals surface area contributed by atoms with Crippen molar-refractivity contribution in [3.05, 3.63) is 33.1 Å². The summed E-state index contributed by atoms with van der Waals surface area (Å²) in [7, 11) is 0. The Morgan fingerprint density at radius 2 is 2.36 bits per heavy atom. The zero-order valence-electron chi connectivity index (χ0n) is 11.8. The van der Waals surface area contributed by atoms with Gasteiger partial charge in [0.25, 0.3) is 5.69 Å². The van der Waals surface area contributed by atoms with Gasteiger partial charge in [-0.05, 0) is 6.07 Å². The van der Waals surface area contributed by atoms with Crippen LogP contribution in [0.5, 0.6) is 0 Å². The number of nitro groups is 1. The summed E-state index contributed by atoms with van der Waals surface area (Å²) in [4.78, 5) is 23.2. The van der Waals surface area contributed by atoms with Gasteiger partial charge in [0.2, 0.25) is 5.91 Å². The monoisotopic (exact) mass is 331 g/mol. The molecule has 1 N–H and O–H groups in total. The number of hydrogen-bond acceptors (Lipinski definition) is 5. The van der Waals surface area contributed by atoms with Gasteiger partial charge in [-0.25, -0.2) is 4.39 Å². The van der Waals surface area contributed by atoms with E-state index in [2.05, 4.69) is 5.32 Å². The van der Waals surface area contributed by atoms with E-state index < -0.39 is 16.4 Å². The molecule has 2 rings (SSSR count). The minimum absolute atomic E-state index is 0.0496. The van der Waals surface area contributed by atoms with Gasteiger partial charge >= 0.3 is 0 Å². The Morgan fingerprint density at radius 3 is 3.00 bits per heavy atom. The molecule has 1 fully saturated rings. The van der Waals surface area contributed by atoms with E-state index in [0.717, 1.165) is 12.1 Å². The van der Waals surface area contributed by atoms with Gasteiger partial charge in [-0.15, -0.1) is 0 Å². The highest BCUT2D eigenvalue weighted by Crippen LogP contribution is 2.31. The molecule has 22 heavy (non-hydrogen) atoms. The average molecular weight is 332 g/mol. The molecular weight excluding hydrogens is 317 g/mol. The molecule has 1 aliphatic rings. The number of anilines is 1. The van der Waals surface area contributed by atoms with Crippen molar-refractivity contribution >= 4 is 28.9 Å². The van der Waals surface area contributed by atoms with Crippen molar-refractivity contribution < 1.29 is 18.8 Å². The molecule has 1 unspecified atom stereocenters. The fraction of sp³-hybridized carbons (Fsp3) is 0.462. The molecule has 0 saturated carbocycles. The van der Waals surface area contributed by atoms with E-state index in [1.54, 1.807) is 4.90 Å². The number of carbonyl (C=O) groups excluding carboxylic acids is 1. The fourth-order valence-electron chi connectivity index (χ4n) is 2.22. The van der Waals surface area contributed by atoms with Crippen LogP contribution in [0.25, 0.3) is 0 Å². The van der Waals surface area contributed by atoms with Crippen LogP contribution in [0, 0.1) is 15.9 Å². The summed E-state index contributed by atoms with van der Waals surface area (Å²) in [6.45, 7) is 2.83. The van der Waals surface area contributed by atoms with Crippen LogP contribution in [0.4, 0.5) is 15.8 Å². The molecule has 1 saturated heterocycles. The lowest BCUT2D eigenvalue weighted by atomic mass is 10.2. The van der Waals surface area contributed by atoms with Crippen molar-refractivity contribution in [1.82, 2.24) is 4.90 Å². The number of halogens is 2. The smallest absolute Gasteiger partial charge is 0.296 e. The molecule has 7 nitrogen and oxygen atoms in total. The number of hydrogen-bond donors (Lipinski definition) is 1. The number of nitrogens with one attached hydrogen (secondary N) is 1. The third-order valence-electron chi connectivity index (χ3n) is 3.32. The van der Waals surface area contributed by atoms with Gasteiger partial charge in [0.1, 0.15) is 5.69 Å². The maximum absolute atomic E-state index is 13.9. The zero-order chi connectivity index (χ0) is 16.3. The third kappa shape index (κ3) is 3.83. The number of carbonyl (C=O) groups is 1. The van der Waals surface area contributed by atoms with E-state index in [-0.39, 0.29) is 29.3 Å². The maximum atomic E-state index is 13.9. The number of rotatable bonds is 4. The number of nitro benzene ring substituents is 1. The predicted octanol–water partition coefficient (Wildman–Crippen LogP) is 2.05. The van der Waals surface area contributed by atoms with Crippen molar-refractivity contribution in [2.75, 3.05) is 31.6 Å². The molecule has 120 valence electrons. The second-order valence-corrected chi connectivity index (χ2v) is 5.31. The van der Waals surface area contributed by atoms with E-state index in [1.807, 2.05) is 0 Å². The summed E-state index contributed by atoms with van der Waals surface area (Å²) in [5, 5.41) is 13.6. The van der Waals surface area contributed by atoms with E-state index in [9.17, 15) is 19.3 Å². The lowest BCUT2D eigenvalue weighted by Gasteiger charge is -2.32. The summed E-state index contributed by atoms with van der Waals surface area (Å²) < 4.78 is 19.3. The van der Waals surface area contributed by atoms with Crippen molar-refractivity contribution in [3.8, 4) is 0 Å². The van der Waals surface area contributed by atoms with Crippen molar-refractivity contribution in [2.24, 2.45) is 0 Å². The van der Waals surface area contributed by atoms with Gasteiger partial charge in [-0.1, -0.05) is 11.6 Å². The molecule has 1 amide bonds. The zero-order valence-corrected chi connectivity index (χ0v) is 12.6. The van der Waals surface area contributed by atoms with E-state index in [1.165, 1.54) is 6.92 Å². The fourth-order valence-corrected chi connectivity index (χ4v) is 2.42. The molecule has 1 heterocycles. The van der Waals surface area contributed by atoms with E-state index >= 15 is 0 Å². The molecule has 1 aromatic carbocycles. The largest absolute Gasteiger partial charge is 0.374 e. The second kappa shape index (κ2) is 6.89. The first kappa shape index (κ1) is 16.4. The molecule has 0 spiro atoms. The number of benzene rings is 1. The van der Waals surface area contributed by atoms with Crippen LogP contribution in [-0.4, -0.2) is 48.1 Å². The van der Waals surface area contributed by atoms with E-state index in [4.69, 9.17) is 16.3 Å². The summed E-state index contributed by atoms with van der Waals surface area (Å²) in [5.41, 5.74) is -0.679. The van der Waals surface area contributed by atoms with Gasteiger partial charge in [0.15, 0.2) is 5.82 Å². The minimum atomic E-state index is -0.807. The highest BCUT2D eigenvalue weighted by Gasteiger charge is 2.24. The van der Waals surface area contributed by atoms with Gasteiger partial charge in [-0.2, -0.15) is 0 Å². The van der Waals surface area contributed by atoms with Crippen molar-refractivity contribution in [1.29, 1.82) is 0 Å². The molecule has 0 aromatic heterocycles. The second-order valence-electron chi connectivity index (χ2n) is 4.88. The average Bonchev–Trinajstić information content (AvgIpc) is 2.45. The van der Waals surface area contributed by atoms with Gasteiger partial charge in [0, 0.05) is 32.6 Å². The Balaban J connectivity index is 2.08. The summed E-state index contributed by atoms with van der Waals surface area (Å²) in [6, 6.07) is 2.08. The number of nitrogens with zero attached hydrogens (tertiary/aromatic N) is 2. The van der Waals surface area contributed by atoms with Crippen LogP contribution in [0.1, 0.15) is 6.92 Å². The van der Waals surface area contributed by atoms with Crippen LogP contribution >= 0.6 is 11.6 Å². The summed E-state index contributed by atoms with van der Waals surface area (Å²) in [6.07, 6.45) is -0.368. The van der Waals surface area contributed by atoms with Gasteiger partial charge in [-0.3, -0.25) is 14.9 Å². The van der Waals surface area contributed by atoms with Crippen LogP contribution in [0.15, 0.2) is 12.1 Å². The lowest BCUT2D eigenvalue weighted by Crippen LogP contribution is -2.47. The first-order valence-corrected chi connectivity index (χ1v) is 7.00. The topological polar surface area (TPSA) is 84.7 Å². The summed E-state index contributed by atoms with van der Waals surface area (Å²) >= 11 is 5.63. The van der Waals surface area contributed by atoms with Crippen LogP contribution in [0.2, 0.25) is 5.02 Å². The number of morpholine rings is 1. The Hall–Kier alpha value is -1.93. The Labute approximate surface area is 131 Å². The van der Waals surface area contributed by atoms with Crippen molar-refractivity contribution in [2.45, 2.75) is 13.0 Å². The first-order chi connectivity index (χ1) is 10.4. The minimum Gasteiger partial charge on any atom is -0.374 e. The molecule has 0 bridgehead atoms. The molecule has 1 aromatic rings. The quantitative estimate of drug-likeness (QED) is 0.674. The standard InChI is InChI=1S/C13H15ClFN3O4/c1-8(19)17-2-3-22-10(7-17)6-16-13-11(15)4-9(14)5-12(13)18(20)21/h4-5,10,16H,2-3,6-7H2,1H3. The van der Waals surface area contributed by atoms with Crippen LogP contribution < -0.4 is 5.32 Å². The Bertz CT molecular complexity index is 599. The molecule has 0 aliphatic carbocycles. The summed E-state index contributed by atoms with van der Waals surface area (Å²) in [5.74, 6) is -0.879. The Kier molecular flexibility index (Phi) is 5.15. The number of amides is 1.